The lowest BCUT2D eigenvalue weighted by Crippen LogP contribution is -2.35. The van der Waals surface area contributed by atoms with E-state index in [2.05, 4.69) is 6.92 Å². The summed E-state index contributed by atoms with van der Waals surface area (Å²) in [5.74, 6) is 0.827. The van der Waals surface area contributed by atoms with Crippen molar-refractivity contribution in [3.63, 3.8) is 0 Å². The summed E-state index contributed by atoms with van der Waals surface area (Å²) in [4.78, 5) is 13.9. The Hall–Kier alpha value is -1.38. The van der Waals surface area contributed by atoms with Crippen LogP contribution >= 0.6 is 0 Å². The summed E-state index contributed by atoms with van der Waals surface area (Å²) in [7, 11) is 1.86. The summed E-state index contributed by atoms with van der Waals surface area (Å²) >= 11 is 0. The minimum atomic E-state index is -0.222. The molecule has 0 aliphatic heterocycles. The van der Waals surface area contributed by atoms with Crippen LogP contribution < -0.4 is 4.90 Å². The van der Waals surface area contributed by atoms with E-state index in [9.17, 15) is 9.18 Å². The molecule has 1 saturated carbocycles. The van der Waals surface area contributed by atoms with Crippen molar-refractivity contribution in [3.05, 3.63) is 30.1 Å². The number of para-hydroxylation sites is 1. The number of halogens is 1. The van der Waals surface area contributed by atoms with Crippen molar-refractivity contribution in [1.29, 1.82) is 0 Å². The minimum Gasteiger partial charge on any atom is -0.372 e. The number of Topliss-reactive ketones (excluding diaryl/α,β-unsaturated/α-hetero) is 1. The Morgan fingerprint density at radius 1 is 1.37 bits per heavy atom. The second kappa shape index (κ2) is 6.18. The fraction of sp³-hybridized carbons (Fsp3) is 0.562. The van der Waals surface area contributed by atoms with E-state index in [0.717, 1.165) is 19.3 Å². The number of hydrogen-bond acceptors (Lipinski definition) is 2. The van der Waals surface area contributed by atoms with Crippen LogP contribution in [0.3, 0.4) is 0 Å². The van der Waals surface area contributed by atoms with Crippen LogP contribution in [0.4, 0.5) is 10.1 Å². The lowest BCUT2D eigenvalue weighted by Gasteiger charge is -2.31. The Bertz CT molecular complexity index is 446. The first-order chi connectivity index (χ1) is 9.11. The van der Waals surface area contributed by atoms with Crippen molar-refractivity contribution in [2.45, 2.75) is 32.6 Å². The molecule has 2 atom stereocenters. The first-order valence-electron chi connectivity index (χ1n) is 7.10. The molecule has 2 rings (SSSR count). The molecule has 0 aromatic heterocycles. The van der Waals surface area contributed by atoms with Gasteiger partial charge in [-0.1, -0.05) is 25.5 Å². The highest BCUT2D eigenvalue weighted by molar-refractivity contribution is 5.82. The standard InChI is InChI=1S/C16H22FNO/c1-3-12-8-9-16(19)13(10-12)11-18(2)15-7-5-4-6-14(15)17/h4-7,12-13H,3,8-11H2,1-2H3. The van der Waals surface area contributed by atoms with Gasteiger partial charge < -0.3 is 4.90 Å². The van der Waals surface area contributed by atoms with E-state index in [4.69, 9.17) is 0 Å². The Labute approximate surface area is 114 Å². The Morgan fingerprint density at radius 2 is 2.11 bits per heavy atom. The Kier molecular flexibility index (Phi) is 4.56. The Balaban J connectivity index is 2.03. The number of carbonyl (C=O) groups is 1. The summed E-state index contributed by atoms with van der Waals surface area (Å²) < 4.78 is 13.7. The predicted octanol–water partition coefficient (Wildman–Crippen LogP) is 3.66. The zero-order valence-corrected chi connectivity index (χ0v) is 11.7. The highest BCUT2D eigenvalue weighted by Gasteiger charge is 2.28. The van der Waals surface area contributed by atoms with E-state index >= 15 is 0 Å². The zero-order chi connectivity index (χ0) is 13.8. The van der Waals surface area contributed by atoms with E-state index in [1.165, 1.54) is 6.07 Å². The molecule has 0 radical (unpaired) electrons. The molecule has 104 valence electrons. The van der Waals surface area contributed by atoms with Gasteiger partial charge in [0.15, 0.2) is 0 Å². The number of anilines is 1. The van der Waals surface area contributed by atoms with Gasteiger partial charge in [-0.25, -0.2) is 4.39 Å². The molecule has 0 spiro atoms. The van der Waals surface area contributed by atoms with E-state index < -0.39 is 0 Å². The van der Waals surface area contributed by atoms with Crippen LogP contribution in [0.1, 0.15) is 32.6 Å². The molecule has 0 heterocycles. The predicted molar refractivity (Wildman–Crippen MR) is 75.8 cm³/mol. The average Bonchev–Trinajstić information content (AvgIpc) is 2.41. The van der Waals surface area contributed by atoms with Crippen LogP contribution in [0, 0.1) is 17.7 Å². The fourth-order valence-electron chi connectivity index (χ4n) is 2.94. The van der Waals surface area contributed by atoms with E-state index in [0.29, 0.717) is 30.4 Å². The molecule has 0 bridgehead atoms. The molecule has 1 aromatic carbocycles. The van der Waals surface area contributed by atoms with Gasteiger partial charge in [0.1, 0.15) is 11.6 Å². The number of hydrogen-bond donors (Lipinski definition) is 0. The number of ketones is 1. The third-order valence-electron chi connectivity index (χ3n) is 4.21. The second-order valence-corrected chi connectivity index (χ2v) is 5.54. The highest BCUT2D eigenvalue weighted by atomic mass is 19.1. The number of nitrogens with zero attached hydrogens (tertiary/aromatic N) is 1. The molecular weight excluding hydrogens is 241 g/mol. The molecule has 0 amide bonds. The SMILES string of the molecule is CCC1CCC(=O)C(CN(C)c2ccccc2F)C1. The molecule has 1 aliphatic carbocycles. The first kappa shape index (κ1) is 14.0. The van der Waals surface area contributed by atoms with Crippen LogP contribution in [0.5, 0.6) is 0 Å². The van der Waals surface area contributed by atoms with E-state index in [1.54, 1.807) is 12.1 Å². The zero-order valence-electron chi connectivity index (χ0n) is 11.7. The molecule has 3 heteroatoms. The Morgan fingerprint density at radius 3 is 2.79 bits per heavy atom. The smallest absolute Gasteiger partial charge is 0.146 e. The molecule has 1 aliphatic rings. The highest BCUT2D eigenvalue weighted by Crippen LogP contribution is 2.30. The first-order valence-corrected chi connectivity index (χ1v) is 7.10. The van der Waals surface area contributed by atoms with Crippen LogP contribution in [0.25, 0.3) is 0 Å². The van der Waals surface area contributed by atoms with Gasteiger partial charge >= 0.3 is 0 Å². The van der Waals surface area contributed by atoms with Gasteiger partial charge in [0, 0.05) is 25.9 Å². The summed E-state index contributed by atoms with van der Waals surface area (Å²) in [6.07, 6.45) is 3.80. The molecular formula is C16H22FNO. The monoisotopic (exact) mass is 263 g/mol. The van der Waals surface area contributed by atoms with Crippen molar-refractivity contribution in [3.8, 4) is 0 Å². The van der Waals surface area contributed by atoms with E-state index in [-0.39, 0.29) is 11.7 Å². The van der Waals surface area contributed by atoms with Crippen LogP contribution in [-0.4, -0.2) is 19.4 Å². The van der Waals surface area contributed by atoms with Gasteiger partial charge in [-0.3, -0.25) is 4.79 Å². The lowest BCUT2D eigenvalue weighted by atomic mass is 9.79. The summed E-state index contributed by atoms with van der Waals surface area (Å²) in [5.41, 5.74) is 0.578. The van der Waals surface area contributed by atoms with Crippen molar-refractivity contribution < 1.29 is 9.18 Å². The molecule has 19 heavy (non-hydrogen) atoms. The van der Waals surface area contributed by atoms with Crippen LogP contribution in [0.15, 0.2) is 24.3 Å². The van der Waals surface area contributed by atoms with Crippen LogP contribution in [-0.2, 0) is 4.79 Å². The minimum absolute atomic E-state index is 0.0586. The van der Waals surface area contributed by atoms with Gasteiger partial charge in [0.25, 0.3) is 0 Å². The maximum absolute atomic E-state index is 13.7. The summed E-state index contributed by atoms with van der Waals surface area (Å²) in [6, 6.07) is 6.74. The van der Waals surface area contributed by atoms with Gasteiger partial charge in [0.2, 0.25) is 0 Å². The van der Waals surface area contributed by atoms with Crippen molar-refractivity contribution in [1.82, 2.24) is 0 Å². The van der Waals surface area contributed by atoms with E-state index in [1.807, 2.05) is 18.0 Å². The third-order valence-corrected chi connectivity index (χ3v) is 4.21. The maximum atomic E-state index is 13.7. The number of rotatable bonds is 4. The molecule has 0 N–H and O–H groups in total. The second-order valence-electron chi connectivity index (χ2n) is 5.54. The molecule has 1 aromatic rings. The molecule has 0 saturated heterocycles. The fourth-order valence-corrected chi connectivity index (χ4v) is 2.94. The van der Waals surface area contributed by atoms with Crippen molar-refractivity contribution in [2.24, 2.45) is 11.8 Å². The van der Waals surface area contributed by atoms with Crippen LogP contribution in [0.2, 0.25) is 0 Å². The third kappa shape index (κ3) is 3.34. The topological polar surface area (TPSA) is 20.3 Å². The van der Waals surface area contributed by atoms with Gasteiger partial charge in [-0.05, 0) is 30.9 Å². The van der Waals surface area contributed by atoms with Gasteiger partial charge in [-0.15, -0.1) is 0 Å². The average molecular weight is 263 g/mol. The normalized spacial score (nSPS) is 23.4. The lowest BCUT2D eigenvalue weighted by molar-refractivity contribution is -0.125. The summed E-state index contributed by atoms with van der Waals surface area (Å²) in [6.45, 7) is 2.80. The maximum Gasteiger partial charge on any atom is 0.146 e. The summed E-state index contributed by atoms with van der Waals surface area (Å²) in [5, 5.41) is 0. The van der Waals surface area contributed by atoms with Gasteiger partial charge in [-0.2, -0.15) is 0 Å². The van der Waals surface area contributed by atoms with Crippen molar-refractivity contribution in [2.75, 3.05) is 18.5 Å². The quantitative estimate of drug-likeness (QED) is 0.826. The largest absolute Gasteiger partial charge is 0.372 e. The number of carbonyl (C=O) groups excluding carboxylic acids is 1. The van der Waals surface area contributed by atoms with Crippen molar-refractivity contribution >= 4 is 11.5 Å². The van der Waals surface area contributed by atoms with Gasteiger partial charge in [0.05, 0.1) is 5.69 Å². The molecule has 2 nitrogen and oxygen atoms in total. The molecule has 1 fully saturated rings. The molecule has 2 unspecified atom stereocenters. The number of benzene rings is 1.